The number of aryl methyl sites for hydroxylation is 2. The predicted molar refractivity (Wildman–Crippen MR) is 63.3 cm³/mol. The van der Waals surface area contributed by atoms with Gasteiger partial charge in [-0.1, -0.05) is 0 Å². The number of hydrogen-bond acceptors (Lipinski definition) is 5. The van der Waals surface area contributed by atoms with Crippen LogP contribution in [0.5, 0.6) is 0 Å². The van der Waals surface area contributed by atoms with Gasteiger partial charge in [-0.2, -0.15) is 5.10 Å². The number of thiazole rings is 1. The molecule has 0 fully saturated rings. The van der Waals surface area contributed by atoms with E-state index >= 15 is 0 Å². The quantitative estimate of drug-likeness (QED) is 0.743. The SMILES string of the molecule is Cc1ncsc1CNCCCc1ncn[nH]1. The highest BCUT2D eigenvalue weighted by atomic mass is 32.1. The Morgan fingerprint density at radius 1 is 1.44 bits per heavy atom. The first-order valence-corrected chi connectivity index (χ1v) is 6.18. The van der Waals surface area contributed by atoms with Crippen LogP contribution >= 0.6 is 11.3 Å². The number of H-pyrrole nitrogens is 1. The van der Waals surface area contributed by atoms with Gasteiger partial charge in [0.05, 0.1) is 11.2 Å². The van der Waals surface area contributed by atoms with Gasteiger partial charge in [-0.15, -0.1) is 11.3 Å². The molecule has 86 valence electrons. The van der Waals surface area contributed by atoms with Crippen LogP contribution in [-0.2, 0) is 13.0 Å². The minimum atomic E-state index is 0.910. The third-order valence-electron chi connectivity index (χ3n) is 2.36. The Labute approximate surface area is 98.3 Å². The van der Waals surface area contributed by atoms with Crippen molar-refractivity contribution >= 4 is 11.3 Å². The van der Waals surface area contributed by atoms with Crippen molar-refractivity contribution in [1.82, 2.24) is 25.5 Å². The molecule has 0 aliphatic carbocycles. The van der Waals surface area contributed by atoms with Gasteiger partial charge in [0.15, 0.2) is 0 Å². The highest BCUT2D eigenvalue weighted by Gasteiger charge is 2.00. The summed E-state index contributed by atoms with van der Waals surface area (Å²) in [5.41, 5.74) is 3.02. The zero-order chi connectivity index (χ0) is 11.2. The second-order valence-electron chi connectivity index (χ2n) is 3.57. The van der Waals surface area contributed by atoms with Gasteiger partial charge in [-0.25, -0.2) is 9.97 Å². The standard InChI is InChI=1S/C10H15N5S/c1-8-9(16-7-13-8)5-11-4-2-3-10-12-6-14-15-10/h6-7,11H,2-5H2,1H3,(H,12,14,15). The molecule has 0 aliphatic rings. The highest BCUT2D eigenvalue weighted by molar-refractivity contribution is 7.09. The van der Waals surface area contributed by atoms with E-state index < -0.39 is 0 Å². The molecular weight excluding hydrogens is 222 g/mol. The van der Waals surface area contributed by atoms with E-state index in [2.05, 4.69) is 25.5 Å². The van der Waals surface area contributed by atoms with Gasteiger partial charge >= 0.3 is 0 Å². The molecule has 2 rings (SSSR count). The lowest BCUT2D eigenvalue weighted by molar-refractivity contribution is 0.642. The molecule has 2 heterocycles. The molecule has 0 amide bonds. The van der Waals surface area contributed by atoms with Crippen molar-refractivity contribution in [2.45, 2.75) is 26.3 Å². The molecule has 0 saturated carbocycles. The van der Waals surface area contributed by atoms with E-state index in [9.17, 15) is 0 Å². The summed E-state index contributed by atoms with van der Waals surface area (Å²) in [6.45, 7) is 3.94. The summed E-state index contributed by atoms with van der Waals surface area (Å²) in [7, 11) is 0. The summed E-state index contributed by atoms with van der Waals surface area (Å²) in [6, 6.07) is 0. The molecule has 2 aromatic rings. The van der Waals surface area contributed by atoms with Crippen molar-refractivity contribution in [1.29, 1.82) is 0 Å². The lowest BCUT2D eigenvalue weighted by Crippen LogP contribution is -2.15. The Morgan fingerprint density at radius 3 is 3.06 bits per heavy atom. The van der Waals surface area contributed by atoms with Crippen molar-refractivity contribution in [2.75, 3.05) is 6.54 Å². The lowest BCUT2D eigenvalue weighted by Gasteiger charge is -2.02. The van der Waals surface area contributed by atoms with Gasteiger partial charge in [0.2, 0.25) is 0 Å². The fraction of sp³-hybridized carbons (Fsp3) is 0.500. The number of nitrogens with zero attached hydrogens (tertiary/aromatic N) is 3. The maximum Gasteiger partial charge on any atom is 0.137 e. The zero-order valence-corrected chi connectivity index (χ0v) is 10.0. The van der Waals surface area contributed by atoms with Crippen molar-refractivity contribution in [2.24, 2.45) is 0 Å². The number of nitrogens with one attached hydrogen (secondary N) is 2. The van der Waals surface area contributed by atoms with Crippen molar-refractivity contribution in [3.63, 3.8) is 0 Å². The molecule has 6 heteroatoms. The molecule has 0 aromatic carbocycles. The third kappa shape index (κ3) is 3.11. The van der Waals surface area contributed by atoms with Gasteiger partial charge in [0.1, 0.15) is 12.2 Å². The molecule has 2 N–H and O–H groups in total. The van der Waals surface area contributed by atoms with Crippen molar-refractivity contribution in [3.8, 4) is 0 Å². The first kappa shape index (κ1) is 11.2. The van der Waals surface area contributed by atoms with Crippen LogP contribution in [-0.4, -0.2) is 26.7 Å². The summed E-state index contributed by atoms with van der Waals surface area (Å²) in [4.78, 5) is 9.61. The maximum atomic E-state index is 4.21. The first-order chi connectivity index (χ1) is 7.86. The molecule has 0 spiro atoms. The number of aromatic nitrogens is 4. The normalized spacial score (nSPS) is 10.8. The van der Waals surface area contributed by atoms with Crippen LogP contribution < -0.4 is 5.32 Å². The van der Waals surface area contributed by atoms with Gasteiger partial charge in [0.25, 0.3) is 0 Å². The van der Waals surface area contributed by atoms with Crippen molar-refractivity contribution < 1.29 is 0 Å². The summed E-state index contributed by atoms with van der Waals surface area (Å²) >= 11 is 1.70. The van der Waals surface area contributed by atoms with E-state index in [1.165, 1.54) is 4.88 Å². The Morgan fingerprint density at radius 2 is 2.38 bits per heavy atom. The fourth-order valence-electron chi connectivity index (χ4n) is 1.43. The van der Waals surface area contributed by atoms with Gasteiger partial charge in [-0.05, 0) is 19.9 Å². The van der Waals surface area contributed by atoms with E-state index in [1.807, 2.05) is 12.4 Å². The molecule has 0 unspecified atom stereocenters. The van der Waals surface area contributed by atoms with E-state index in [1.54, 1.807) is 17.7 Å². The van der Waals surface area contributed by atoms with Crippen LogP contribution in [0.25, 0.3) is 0 Å². The van der Waals surface area contributed by atoms with E-state index in [-0.39, 0.29) is 0 Å². The van der Waals surface area contributed by atoms with E-state index in [0.717, 1.165) is 37.4 Å². The van der Waals surface area contributed by atoms with Gasteiger partial charge in [-0.3, -0.25) is 5.10 Å². The number of aromatic amines is 1. The monoisotopic (exact) mass is 237 g/mol. The van der Waals surface area contributed by atoms with Gasteiger partial charge in [0, 0.05) is 17.8 Å². The fourth-order valence-corrected chi connectivity index (χ4v) is 2.18. The van der Waals surface area contributed by atoms with Crippen LogP contribution in [0.4, 0.5) is 0 Å². The average Bonchev–Trinajstić information content (AvgIpc) is 2.90. The van der Waals surface area contributed by atoms with E-state index in [4.69, 9.17) is 0 Å². The summed E-state index contributed by atoms with van der Waals surface area (Å²) in [5, 5.41) is 10.1. The number of hydrogen-bond donors (Lipinski definition) is 2. The topological polar surface area (TPSA) is 66.5 Å². The van der Waals surface area contributed by atoms with Crippen molar-refractivity contribution in [3.05, 3.63) is 28.2 Å². The Bertz CT molecular complexity index is 409. The van der Waals surface area contributed by atoms with Crippen LogP contribution in [0.3, 0.4) is 0 Å². The third-order valence-corrected chi connectivity index (χ3v) is 3.30. The zero-order valence-electron chi connectivity index (χ0n) is 9.23. The van der Waals surface area contributed by atoms with Crippen LogP contribution in [0.2, 0.25) is 0 Å². The average molecular weight is 237 g/mol. The molecular formula is C10H15N5S. The summed E-state index contributed by atoms with van der Waals surface area (Å²) in [5.74, 6) is 0.954. The Hall–Kier alpha value is -1.27. The molecule has 0 radical (unpaired) electrons. The van der Waals surface area contributed by atoms with Crippen LogP contribution in [0.15, 0.2) is 11.8 Å². The second-order valence-corrected chi connectivity index (χ2v) is 4.51. The number of rotatable bonds is 6. The molecule has 0 bridgehead atoms. The van der Waals surface area contributed by atoms with E-state index in [0.29, 0.717) is 0 Å². The minimum Gasteiger partial charge on any atom is -0.312 e. The first-order valence-electron chi connectivity index (χ1n) is 5.30. The summed E-state index contributed by atoms with van der Waals surface area (Å²) < 4.78 is 0. The lowest BCUT2D eigenvalue weighted by atomic mass is 10.3. The summed E-state index contributed by atoms with van der Waals surface area (Å²) in [6.07, 6.45) is 3.55. The highest BCUT2D eigenvalue weighted by Crippen LogP contribution is 2.10. The molecule has 5 nitrogen and oxygen atoms in total. The van der Waals surface area contributed by atoms with Crippen LogP contribution in [0.1, 0.15) is 22.8 Å². The smallest absolute Gasteiger partial charge is 0.137 e. The van der Waals surface area contributed by atoms with Gasteiger partial charge < -0.3 is 5.32 Å². The molecule has 0 atom stereocenters. The molecule has 2 aromatic heterocycles. The Balaban J connectivity index is 1.61. The second kappa shape index (κ2) is 5.72. The molecule has 16 heavy (non-hydrogen) atoms. The Kier molecular flexibility index (Phi) is 4.01. The largest absolute Gasteiger partial charge is 0.312 e. The maximum absolute atomic E-state index is 4.21. The molecule has 0 saturated heterocycles. The minimum absolute atomic E-state index is 0.910. The molecule has 0 aliphatic heterocycles. The predicted octanol–water partition coefficient (Wildman–Crippen LogP) is 1.29. The van der Waals surface area contributed by atoms with Crippen LogP contribution in [0, 0.1) is 6.92 Å².